The number of halogens is 2. The number of nitrogen functional groups attached to an aromatic ring is 1. The fourth-order valence-corrected chi connectivity index (χ4v) is 1.58. The molecular formula is C9H8BrClN4. The molecule has 78 valence electrons. The monoisotopic (exact) mass is 286 g/mol. The van der Waals surface area contributed by atoms with Gasteiger partial charge in [0.05, 0.1) is 5.02 Å². The van der Waals surface area contributed by atoms with E-state index in [-0.39, 0.29) is 0 Å². The van der Waals surface area contributed by atoms with E-state index in [4.69, 9.17) is 17.3 Å². The Kier molecular flexibility index (Phi) is 2.67. The molecule has 0 radical (unpaired) electrons. The van der Waals surface area contributed by atoms with Crippen molar-refractivity contribution in [3.05, 3.63) is 27.7 Å². The first-order valence-electron chi connectivity index (χ1n) is 4.20. The van der Waals surface area contributed by atoms with E-state index in [1.165, 1.54) is 4.68 Å². The lowest BCUT2D eigenvalue weighted by atomic mass is 10.2. The van der Waals surface area contributed by atoms with Crippen LogP contribution in [0.4, 0.5) is 5.95 Å². The van der Waals surface area contributed by atoms with Gasteiger partial charge in [-0.3, -0.25) is 0 Å². The Morgan fingerprint density at radius 2 is 2.20 bits per heavy atom. The fraction of sp³-hybridized carbons (Fsp3) is 0.111. The number of benzene rings is 1. The average molecular weight is 288 g/mol. The molecule has 15 heavy (non-hydrogen) atoms. The Morgan fingerprint density at radius 3 is 2.73 bits per heavy atom. The highest BCUT2D eigenvalue weighted by Crippen LogP contribution is 2.27. The molecule has 0 spiro atoms. The molecule has 0 bridgehead atoms. The maximum Gasteiger partial charge on any atom is 0.218 e. The molecule has 1 aromatic heterocycles. The number of aryl methyl sites for hydroxylation is 1. The van der Waals surface area contributed by atoms with Crippen molar-refractivity contribution in [2.45, 2.75) is 0 Å². The highest BCUT2D eigenvalue weighted by molar-refractivity contribution is 9.10. The van der Waals surface area contributed by atoms with E-state index in [0.29, 0.717) is 16.8 Å². The van der Waals surface area contributed by atoms with Gasteiger partial charge in [-0.2, -0.15) is 4.98 Å². The zero-order chi connectivity index (χ0) is 11.0. The van der Waals surface area contributed by atoms with Crippen LogP contribution < -0.4 is 5.73 Å². The van der Waals surface area contributed by atoms with Crippen LogP contribution in [-0.2, 0) is 7.05 Å². The lowest BCUT2D eigenvalue weighted by Crippen LogP contribution is -1.97. The molecule has 0 fully saturated rings. The Balaban J connectivity index is 2.49. The molecule has 2 N–H and O–H groups in total. The maximum absolute atomic E-state index is 5.97. The van der Waals surface area contributed by atoms with Crippen LogP contribution in [-0.4, -0.2) is 14.8 Å². The van der Waals surface area contributed by atoms with E-state index in [1.54, 1.807) is 13.1 Å². The second-order valence-corrected chi connectivity index (χ2v) is 4.31. The molecule has 1 heterocycles. The van der Waals surface area contributed by atoms with Gasteiger partial charge in [-0.1, -0.05) is 11.6 Å². The van der Waals surface area contributed by atoms with E-state index in [0.717, 1.165) is 10.0 Å². The first-order valence-corrected chi connectivity index (χ1v) is 5.37. The average Bonchev–Trinajstić information content (AvgIpc) is 2.52. The number of nitrogens with two attached hydrogens (primary N) is 1. The molecule has 2 rings (SSSR count). The fourth-order valence-electron chi connectivity index (χ4n) is 1.15. The normalized spacial score (nSPS) is 10.6. The molecule has 1 aromatic carbocycles. The second-order valence-electron chi connectivity index (χ2n) is 3.05. The third kappa shape index (κ3) is 1.98. The summed E-state index contributed by atoms with van der Waals surface area (Å²) >= 11 is 9.29. The second kappa shape index (κ2) is 3.83. The van der Waals surface area contributed by atoms with Crippen LogP contribution in [0, 0.1) is 0 Å². The molecule has 0 aliphatic heterocycles. The number of anilines is 1. The molecule has 4 nitrogen and oxygen atoms in total. The predicted octanol–water partition coefficient (Wildman–Crippen LogP) is 2.48. The largest absolute Gasteiger partial charge is 0.368 e. The van der Waals surface area contributed by atoms with Crippen molar-refractivity contribution in [1.82, 2.24) is 14.8 Å². The Bertz CT molecular complexity index is 489. The summed E-state index contributed by atoms with van der Waals surface area (Å²) in [7, 11) is 1.74. The number of hydrogen-bond donors (Lipinski definition) is 1. The summed E-state index contributed by atoms with van der Waals surface area (Å²) in [6.45, 7) is 0. The van der Waals surface area contributed by atoms with Gasteiger partial charge in [0, 0.05) is 17.1 Å². The zero-order valence-electron chi connectivity index (χ0n) is 7.91. The quantitative estimate of drug-likeness (QED) is 0.876. The molecule has 2 aromatic rings. The number of aromatic nitrogens is 3. The Morgan fingerprint density at radius 1 is 1.47 bits per heavy atom. The van der Waals surface area contributed by atoms with Gasteiger partial charge in [0.25, 0.3) is 0 Å². The van der Waals surface area contributed by atoms with E-state index < -0.39 is 0 Å². The van der Waals surface area contributed by atoms with Crippen molar-refractivity contribution >= 4 is 33.5 Å². The molecule has 0 saturated carbocycles. The molecular weight excluding hydrogens is 279 g/mol. The first kappa shape index (κ1) is 10.4. The summed E-state index contributed by atoms with van der Waals surface area (Å²) < 4.78 is 2.36. The van der Waals surface area contributed by atoms with Crippen molar-refractivity contribution < 1.29 is 0 Å². The van der Waals surface area contributed by atoms with Gasteiger partial charge in [-0.05, 0) is 34.1 Å². The van der Waals surface area contributed by atoms with E-state index in [1.807, 2.05) is 12.1 Å². The number of rotatable bonds is 1. The first-order chi connectivity index (χ1) is 7.08. The van der Waals surface area contributed by atoms with Gasteiger partial charge in [-0.25, -0.2) is 4.68 Å². The van der Waals surface area contributed by atoms with E-state index >= 15 is 0 Å². The summed E-state index contributed by atoms with van der Waals surface area (Å²) in [6.07, 6.45) is 0. The molecule has 6 heteroatoms. The summed E-state index contributed by atoms with van der Waals surface area (Å²) in [5.41, 5.74) is 6.44. The summed E-state index contributed by atoms with van der Waals surface area (Å²) in [4.78, 5) is 4.11. The summed E-state index contributed by atoms with van der Waals surface area (Å²) in [6, 6.07) is 5.52. The predicted molar refractivity (Wildman–Crippen MR) is 63.6 cm³/mol. The van der Waals surface area contributed by atoms with Crippen molar-refractivity contribution in [2.24, 2.45) is 7.05 Å². The van der Waals surface area contributed by atoms with Gasteiger partial charge in [0.15, 0.2) is 5.82 Å². The number of nitrogens with zero attached hydrogens (tertiary/aromatic N) is 3. The lowest BCUT2D eigenvalue weighted by molar-refractivity contribution is 0.781. The third-order valence-electron chi connectivity index (χ3n) is 1.97. The Hall–Kier alpha value is -1.07. The summed E-state index contributed by atoms with van der Waals surface area (Å²) in [5.74, 6) is 0.952. The molecule has 0 saturated heterocycles. The van der Waals surface area contributed by atoms with Gasteiger partial charge < -0.3 is 5.73 Å². The van der Waals surface area contributed by atoms with Crippen LogP contribution in [0.3, 0.4) is 0 Å². The highest BCUT2D eigenvalue weighted by Gasteiger charge is 2.08. The molecule has 0 aliphatic carbocycles. The lowest BCUT2D eigenvalue weighted by Gasteiger charge is -1.98. The van der Waals surface area contributed by atoms with Crippen molar-refractivity contribution in [3.8, 4) is 11.4 Å². The van der Waals surface area contributed by atoms with Crippen molar-refractivity contribution in [1.29, 1.82) is 0 Å². The van der Waals surface area contributed by atoms with Gasteiger partial charge in [0.2, 0.25) is 5.95 Å². The van der Waals surface area contributed by atoms with Gasteiger partial charge in [0.1, 0.15) is 0 Å². The van der Waals surface area contributed by atoms with E-state index in [9.17, 15) is 0 Å². The van der Waals surface area contributed by atoms with Crippen LogP contribution in [0.15, 0.2) is 22.7 Å². The van der Waals surface area contributed by atoms with Crippen LogP contribution in [0.1, 0.15) is 0 Å². The standard InChI is InChI=1S/C9H8BrClN4/c1-15-9(12)13-8(14-15)5-2-3-6(10)7(11)4-5/h2-4H,1H3,(H2,12,13,14). The van der Waals surface area contributed by atoms with Crippen molar-refractivity contribution in [2.75, 3.05) is 5.73 Å². The Labute approximate surface area is 100 Å². The van der Waals surface area contributed by atoms with Crippen LogP contribution >= 0.6 is 27.5 Å². The van der Waals surface area contributed by atoms with Gasteiger partial charge in [-0.15, -0.1) is 5.10 Å². The van der Waals surface area contributed by atoms with E-state index in [2.05, 4.69) is 26.0 Å². The SMILES string of the molecule is Cn1nc(-c2ccc(Br)c(Cl)c2)nc1N. The number of hydrogen-bond acceptors (Lipinski definition) is 3. The minimum absolute atomic E-state index is 0.379. The minimum atomic E-state index is 0.379. The molecule has 0 amide bonds. The minimum Gasteiger partial charge on any atom is -0.368 e. The smallest absolute Gasteiger partial charge is 0.218 e. The van der Waals surface area contributed by atoms with Crippen LogP contribution in [0.25, 0.3) is 11.4 Å². The van der Waals surface area contributed by atoms with Crippen LogP contribution in [0.2, 0.25) is 5.02 Å². The zero-order valence-corrected chi connectivity index (χ0v) is 10.2. The maximum atomic E-state index is 5.97. The van der Waals surface area contributed by atoms with Crippen molar-refractivity contribution in [3.63, 3.8) is 0 Å². The molecule has 0 aliphatic rings. The molecule has 0 atom stereocenters. The highest BCUT2D eigenvalue weighted by atomic mass is 79.9. The molecule has 0 unspecified atom stereocenters. The summed E-state index contributed by atoms with van der Waals surface area (Å²) in [5, 5.41) is 4.78. The van der Waals surface area contributed by atoms with Gasteiger partial charge >= 0.3 is 0 Å². The third-order valence-corrected chi connectivity index (χ3v) is 3.21. The topological polar surface area (TPSA) is 56.7 Å². The van der Waals surface area contributed by atoms with Crippen LogP contribution in [0.5, 0.6) is 0 Å².